The van der Waals surface area contributed by atoms with Gasteiger partial charge in [0.15, 0.2) is 0 Å². The van der Waals surface area contributed by atoms with Gasteiger partial charge in [-0.25, -0.2) is 4.79 Å². The van der Waals surface area contributed by atoms with Crippen LogP contribution in [-0.2, 0) is 9.47 Å². The summed E-state index contributed by atoms with van der Waals surface area (Å²) in [5, 5.41) is 3.30. The van der Waals surface area contributed by atoms with E-state index in [-0.39, 0.29) is 6.09 Å². The predicted octanol–water partition coefficient (Wildman–Crippen LogP) is 0.986. The molecule has 0 bridgehead atoms. The summed E-state index contributed by atoms with van der Waals surface area (Å²) in [5.41, 5.74) is 0. The number of carbonyl (C=O) groups excluding carboxylic acids is 1. The highest BCUT2D eigenvalue weighted by Gasteiger charge is 2.26. The van der Waals surface area contributed by atoms with Crippen molar-refractivity contribution in [1.82, 2.24) is 10.2 Å². The maximum Gasteiger partial charge on any atom is 0.409 e. The smallest absolute Gasteiger partial charge is 0.409 e. The van der Waals surface area contributed by atoms with Crippen LogP contribution in [-0.4, -0.2) is 56.0 Å². The van der Waals surface area contributed by atoms with E-state index in [4.69, 9.17) is 9.47 Å². The first-order valence-corrected chi connectivity index (χ1v) is 6.57. The van der Waals surface area contributed by atoms with Crippen LogP contribution in [0.1, 0.15) is 26.2 Å². The highest BCUT2D eigenvalue weighted by molar-refractivity contribution is 5.67. The molecule has 0 aromatic carbocycles. The number of carbonyl (C=O) groups is 1. The molecule has 17 heavy (non-hydrogen) atoms. The van der Waals surface area contributed by atoms with Crippen LogP contribution in [0, 0.1) is 0 Å². The normalized spacial score (nSPS) is 26.2. The van der Waals surface area contributed by atoms with E-state index in [2.05, 4.69) is 5.32 Å². The Morgan fingerprint density at radius 3 is 2.65 bits per heavy atom. The molecule has 1 amide bonds. The molecule has 2 heterocycles. The van der Waals surface area contributed by atoms with Crippen LogP contribution in [0.5, 0.6) is 0 Å². The Balaban J connectivity index is 1.68. The van der Waals surface area contributed by atoms with Crippen LogP contribution in [0.2, 0.25) is 0 Å². The molecule has 0 aromatic rings. The molecule has 98 valence electrons. The third kappa shape index (κ3) is 3.57. The summed E-state index contributed by atoms with van der Waals surface area (Å²) in [7, 11) is 0. The monoisotopic (exact) mass is 242 g/mol. The van der Waals surface area contributed by atoms with E-state index in [1.165, 1.54) is 0 Å². The number of rotatable bonds is 3. The second-order valence-electron chi connectivity index (χ2n) is 4.64. The number of ether oxygens (including phenoxy) is 2. The molecule has 0 aromatic heterocycles. The highest BCUT2D eigenvalue weighted by Crippen LogP contribution is 2.18. The number of amides is 1. The van der Waals surface area contributed by atoms with Gasteiger partial charge in [-0.05, 0) is 32.7 Å². The molecular formula is C12H22N2O3. The average Bonchev–Trinajstić information content (AvgIpc) is 2.83. The second kappa shape index (κ2) is 6.21. The fourth-order valence-electron chi connectivity index (χ4n) is 2.41. The summed E-state index contributed by atoms with van der Waals surface area (Å²) in [6.45, 7) is 5.82. The van der Waals surface area contributed by atoms with Crippen molar-refractivity contribution in [2.75, 3.05) is 32.8 Å². The van der Waals surface area contributed by atoms with E-state index < -0.39 is 0 Å². The Labute approximate surface area is 102 Å². The third-order valence-corrected chi connectivity index (χ3v) is 3.37. The first-order valence-electron chi connectivity index (χ1n) is 6.57. The van der Waals surface area contributed by atoms with Crippen LogP contribution in [0.15, 0.2) is 0 Å². The summed E-state index contributed by atoms with van der Waals surface area (Å²) >= 11 is 0. The molecule has 2 fully saturated rings. The van der Waals surface area contributed by atoms with Crippen molar-refractivity contribution >= 4 is 6.09 Å². The topological polar surface area (TPSA) is 50.8 Å². The van der Waals surface area contributed by atoms with Crippen LogP contribution in [0.25, 0.3) is 0 Å². The van der Waals surface area contributed by atoms with Gasteiger partial charge >= 0.3 is 6.09 Å². The number of nitrogens with one attached hydrogen (secondary N) is 1. The van der Waals surface area contributed by atoms with Crippen LogP contribution in [0.3, 0.4) is 0 Å². The molecule has 0 aliphatic carbocycles. The summed E-state index contributed by atoms with van der Waals surface area (Å²) in [6, 6.07) is 0. The number of likely N-dealkylation sites (tertiary alicyclic amines) is 1. The third-order valence-electron chi connectivity index (χ3n) is 3.37. The van der Waals surface area contributed by atoms with Gasteiger partial charge in [0.25, 0.3) is 0 Å². The lowest BCUT2D eigenvalue weighted by molar-refractivity contribution is -0.0323. The fraction of sp³-hybridized carbons (Fsp3) is 0.917. The molecule has 5 nitrogen and oxygen atoms in total. The van der Waals surface area contributed by atoms with Gasteiger partial charge < -0.3 is 19.7 Å². The first-order chi connectivity index (χ1) is 8.29. The number of hydrogen-bond donors (Lipinski definition) is 1. The Hall–Kier alpha value is -0.810. The predicted molar refractivity (Wildman–Crippen MR) is 64.0 cm³/mol. The molecule has 5 heteroatoms. The SMILES string of the molecule is CCOC(=O)N1CCC(OC2CCNC2)CC1. The molecule has 1 N–H and O–H groups in total. The summed E-state index contributed by atoms with van der Waals surface area (Å²) < 4.78 is 11.0. The lowest BCUT2D eigenvalue weighted by Crippen LogP contribution is -2.42. The van der Waals surface area contributed by atoms with E-state index in [0.29, 0.717) is 18.8 Å². The molecule has 0 radical (unpaired) electrons. The molecule has 2 saturated heterocycles. The van der Waals surface area contributed by atoms with Gasteiger partial charge in [-0.15, -0.1) is 0 Å². The quantitative estimate of drug-likeness (QED) is 0.801. The van der Waals surface area contributed by atoms with Gasteiger partial charge in [0.2, 0.25) is 0 Å². The Morgan fingerprint density at radius 2 is 2.06 bits per heavy atom. The first kappa shape index (κ1) is 12.6. The van der Waals surface area contributed by atoms with Gasteiger partial charge in [-0.3, -0.25) is 0 Å². The average molecular weight is 242 g/mol. The lowest BCUT2D eigenvalue weighted by Gasteiger charge is -2.32. The summed E-state index contributed by atoms with van der Waals surface area (Å²) in [4.78, 5) is 13.3. The van der Waals surface area contributed by atoms with Crippen molar-refractivity contribution in [2.45, 2.75) is 38.4 Å². The van der Waals surface area contributed by atoms with Crippen LogP contribution in [0.4, 0.5) is 4.79 Å². The van der Waals surface area contributed by atoms with Crippen molar-refractivity contribution in [3.05, 3.63) is 0 Å². The zero-order chi connectivity index (χ0) is 12.1. The minimum absolute atomic E-state index is 0.187. The molecule has 1 atom stereocenters. The van der Waals surface area contributed by atoms with Crippen LogP contribution >= 0.6 is 0 Å². The Kier molecular flexibility index (Phi) is 4.62. The molecular weight excluding hydrogens is 220 g/mol. The molecule has 1 unspecified atom stereocenters. The van der Waals surface area contributed by atoms with E-state index in [9.17, 15) is 4.79 Å². The molecule has 0 saturated carbocycles. The number of nitrogens with zero attached hydrogens (tertiary/aromatic N) is 1. The molecule has 0 spiro atoms. The zero-order valence-electron chi connectivity index (χ0n) is 10.5. The van der Waals surface area contributed by atoms with Gasteiger partial charge in [-0.2, -0.15) is 0 Å². The van der Waals surface area contributed by atoms with E-state index >= 15 is 0 Å². The van der Waals surface area contributed by atoms with E-state index in [1.54, 1.807) is 4.90 Å². The van der Waals surface area contributed by atoms with Gasteiger partial charge in [0, 0.05) is 19.6 Å². The van der Waals surface area contributed by atoms with Gasteiger partial charge in [-0.1, -0.05) is 0 Å². The van der Waals surface area contributed by atoms with Gasteiger partial charge in [0.1, 0.15) is 0 Å². The lowest BCUT2D eigenvalue weighted by atomic mass is 10.1. The zero-order valence-corrected chi connectivity index (χ0v) is 10.5. The van der Waals surface area contributed by atoms with Gasteiger partial charge in [0.05, 0.1) is 18.8 Å². The number of piperidine rings is 1. The molecule has 2 rings (SSSR count). The van der Waals surface area contributed by atoms with Crippen molar-refractivity contribution in [2.24, 2.45) is 0 Å². The second-order valence-corrected chi connectivity index (χ2v) is 4.64. The minimum atomic E-state index is -0.187. The maximum absolute atomic E-state index is 11.5. The molecule has 2 aliphatic heterocycles. The van der Waals surface area contributed by atoms with Crippen LogP contribution < -0.4 is 5.32 Å². The standard InChI is InChI=1S/C12H22N2O3/c1-2-16-12(15)14-7-4-10(5-8-14)17-11-3-6-13-9-11/h10-11,13H,2-9H2,1H3. The highest BCUT2D eigenvalue weighted by atomic mass is 16.6. The Bertz CT molecular complexity index is 246. The van der Waals surface area contributed by atoms with Crippen molar-refractivity contribution in [3.8, 4) is 0 Å². The summed E-state index contributed by atoms with van der Waals surface area (Å²) in [6.07, 6.45) is 3.45. The molecule has 2 aliphatic rings. The largest absolute Gasteiger partial charge is 0.450 e. The fourth-order valence-corrected chi connectivity index (χ4v) is 2.41. The Morgan fingerprint density at radius 1 is 1.29 bits per heavy atom. The van der Waals surface area contributed by atoms with Crippen molar-refractivity contribution in [1.29, 1.82) is 0 Å². The van der Waals surface area contributed by atoms with Crippen molar-refractivity contribution in [3.63, 3.8) is 0 Å². The summed E-state index contributed by atoms with van der Waals surface area (Å²) in [5.74, 6) is 0. The van der Waals surface area contributed by atoms with E-state index in [0.717, 1.165) is 45.4 Å². The van der Waals surface area contributed by atoms with E-state index in [1.807, 2.05) is 6.92 Å². The van der Waals surface area contributed by atoms with Crippen molar-refractivity contribution < 1.29 is 14.3 Å². The maximum atomic E-state index is 11.5. The minimum Gasteiger partial charge on any atom is -0.450 e. The number of hydrogen-bond acceptors (Lipinski definition) is 4.